The fourth-order valence-electron chi connectivity index (χ4n) is 6.60. The number of fused-ring (bicyclic) bond motifs is 8. The summed E-state index contributed by atoms with van der Waals surface area (Å²) >= 11 is 1.42. The van der Waals surface area contributed by atoms with Gasteiger partial charge in [0.05, 0.1) is 12.1 Å². The van der Waals surface area contributed by atoms with Crippen LogP contribution in [0.5, 0.6) is 11.5 Å². The minimum absolute atomic E-state index is 0.0768. The number of amides is 1. The number of pyridine rings is 1. The van der Waals surface area contributed by atoms with Crippen LogP contribution in [0.1, 0.15) is 58.0 Å². The Balaban J connectivity index is 1.56. The van der Waals surface area contributed by atoms with Crippen molar-refractivity contribution in [2.45, 2.75) is 47.9 Å². The van der Waals surface area contributed by atoms with Crippen molar-refractivity contribution < 1.29 is 28.2 Å². The average Bonchev–Trinajstić information content (AvgIpc) is 3.14. The highest BCUT2D eigenvalue weighted by Crippen LogP contribution is 2.50. The number of halogens is 2. The lowest BCUT2D eigenvalue weighted by Gasteiger charge is -2.54. The van der Waals surface area contributed by atoms with Crippen LogP contribution in [0.15, 0.2) is 58.4 Å². The van der Waals surface area contributed by atoms with Crippen molar-refractivity contribution in [2.24, 2.45) is 0 Å². The molecule has 1 saturated carbocycles. The van der Waals surface area contributed by atoms with E-state index in [1.165, 1.54) is 28.7 Å². The molecule has 1 amide bonds. The van der Waals surface area contributed by atoms with Gasteiger partial charge in [-0.3, -0.25) is 19.3 Å². The highest BCUT2D eigenvalue weighted by atomic mass is 32.2. The van der Waals surface area contributed by atoms with Crippen molar-refractivity contribution in [3.63, 3.8) is 0 Å². The smallest absolute Gasteiger partial charge is 0.278 e. The summed E-state index contributed by atoms with van der Waals surface area (Å²) in [5.41, 5.74) is 0.946. The molecule has 218 valence electrons. The van der Waals surface area contributed by atoms with Gasteiger partial charge in [-0.15, -0.1) is 11.8 Å². The molecule has 4 aliphatic rings. The Labute approximate surface area is 245 Å². The molecule has 2 bridgehead atoms. The molecule has 1 aromatic heterocycles. The third-order valence-electron chi connectivity index (χ3n) is 8.84. The molecule has 1 fully saturated rings. The number of benzene rings is 2. The number of nitrogens with zero attached hydrogens (tertiary/aromatic N) is 3. The van der Waals surface area contributed by atoms with E-state index in [4.69, 9.17) is 9.47 Å². The fraction of sp³-hybridized carbons (Fsp3) is 0.355. The Hall–Kier alpha value is -3.83. The first kappa shape index (κ1) is 27.0. The van der Waals surface area contributed by atoms with E-state index in [2.05, 4.69) is 0 Å². The molecule has 1 N–H and O–H groups in total. The van der Waals surface area contributed by atoms with E-state index in [9.17, 15) is 14.7 Å². The van der Waals surface area contributed by atoms with Gasteiger partial charge in [-0.1, -0.05) is 24.3 Å². The zero-order valence-corrected chi connectivity index (χ0v) is 23.8. The van der Waals surface area contributed by atoms with E-state index >= 15 is 8.78 Å². The summed E-state index contributed by atoms with van der Waals surface area (Å²) in [7, 11) is 1.63. The summed E-state index contributed by atoms with van der Waals surface area (Å²) in [5.74, 6) is -2.70. The number of methoxy groups -OCH3 is 1. The number of rotatable bonds is 3. The van der Waals surface area contributed by atoms with E-state index in [0.29, 0.717) is 31.4 Å². The van der Waals surface area contributed by atoms with Crippen LogP contribution in [0.25, 0.3) is 0 Å². The van der Waals surface area contributed by atoms with Crippen LogP contribution >= 0.6 is 11.8 Å². The molecular weight excluding hydrogens is 564 g/mol. The molecule has 2 aromatic carbocycles. The molecule has 1 aliphatic carbocycles. The number of aromatic hydroxyl groups is 1. The Morgan fingerprint density at radius 1 is 1.21 bits per heavy atom. The fourth-order valence-corrected chi connectivity index (χ4v) is 7.87. The van der Waals surface area contributed by atoms with Crippen molar-refractivity contribution in [3.8, 4) is 11.5 Å². The second kappa shape index (κ2) is 10.2. The van der Waals surface area contributed by atoms with Gasteiger partial charge in [-0.2, -0.15) is 0 Å². The number of thioether (sulfide) groups is 1. The summed E-state index contributed by atoms with van der Waals surface area (Å²) in [6.45, 7) is 0.648. The van der Waals surface area contributed by atoms with Gasteiger partial charge in [-0.25, -0.2) is 8.78 Å². The normalized spacial score (nSPS) is 20.8. The highest BCUT2D eigenvalue weighted by molar-refractivity contribution is 7.98. The van der Waals surface area contributed by atoms with Gasteiger partial charge < -0.3 is 19.5 Å². The van der Waals surface area contributed by atoms with Crippen LogP contribution < -0.4 is 15.2 Å². The zero-order chi connectivity index (χ0) is 29.2. The number of ether oxygens (including phenoxy) is 2. The number of carbonyl (C=O) groups is 1. The maximum Gasteiger partial charge on any atom is 0.278 e. The Bertz CT molecular complexity index is 1700. The van der Waals surface area contributed by atoms with Crippen molar-refractivity contribution in [3.05, 3.63) is 98.5 Å². The van der Waals surface area contributed by atoms with Crippen LogP contribution in [0.2, 0.25) is 0 Å². The molecule has 1 unspecified atom stereocenters. The minimum Gasteiger partial charge on any atom is -0.502 e. The molecule has 1 spiro atoms. The molecule has 42 heavy (non-hydrogen) atoms. The van der Waals surface area contributed by atoms with Gasteiger partial charge in [0.1, 0.15) is 25.1 Å². The molecule has 3 aliphatic heterocycles. The summed E-state index contributed by atoms with van der Waals surface area (Å²) in [5, 5.41) is 12.8. The Morgan fingerprint density at radius 2 is 2.05 bits per heavy atom. The summed E-state index contributed by atoms with van der Waals surface area (Å²) < 4.78 is 43.9. The predicted octanol–water partition coefficient (Wildman–Crippen LogP) is 4.64. The average molecular weight is 594 g/mol. The summed E-state index contributed by atoms with van der Waals surface area (Å²) in [6, 6.07) is 7.40. The second-order valence-corrected chi connectivity index (χ2v) is 12.0. The first-order chi connectivity index (χ1) is 20.3. The summed E-state index contributed by atoms with van der Waals surface area (Å²) in [6.07, 6.45) is 8.09. The van der Waals surface area contributed by atoms with Gasteiger partial charge in [0.25, 0.3) is 5.91 Å². The quantitative estimate of drug-likeness (QED) is 0.443. The van der Waals surface area contributed by atoms with Crippen LogP contribution in [0.4, 0.5) is 8.78 Å². The largest absolute Gasteiger partial charge is 0.502 e. The second-order valence-electron chi connectivity index (χ2n) is 11.0. The van der Waals surface area contributed by atoms with E-state index in [1.54, 1.807) is 18.1 Å². The molecule has 0 radical (unpaired) electrons. The third kappa shape index (κ3) is 3.97. The maximum absolute atomic E-state index is 15.7. The van der Waals surface area contributed by atoms with Crippen LogP contribution in [0, 0.1) is 11.6 Å². The predicted molar refractivity (Wildman–Crippen MR) is 153 cm³/mol. The van der Waals surface area contributed by atoms with E-state index in [-0.39, 0.29) is 36.0 Å². The third-order valence-corrected chi connectivity index (χ3v) is 10.1. The zero-order valence-electron chi connectivity index (χ0n) is 22.9. The molecule has 8 nitrogen and oxygen atoms in total. The van der Waals surface area contributed by atoms with Crippen LogP contribution in [-0.4, -0.2) is 53.1 Å². The first-order valence-corrected chi connectivity index (χ1v) is 14.9. The SMILES string of the molecule is COCCc1cccc2c1SCc1c(F)c(F)cc3c1C2N1CN(C(=O)c2c(O)c(=O)ccn21)C1(/C=C/CO3)CCC1. The molecule has 4 heterocycles. The Morgan fingerprint density at radius 3 is 2.81 bits per heavy atom. The van der Waals surface area contributed by atoms with Gasteiger partial charge >= 0.3 is 0 Å². The van der Waals surface area contributed by atoms with Crippen molar-refractivity contribution in [1.82, 2.24) is 9.58 Å². The lowest BCUT2D eigenvalue weighted by atomic mass is 9.74. The van der Waals surface area contributed by atoms with Crippen molar-refractivity contribution >= 4 is 17.7 Å². The van der Waals surface area contributed by atoms with Crippen molar-refractivity contribution in [2.75, 3.05) is 32.0 Å². The lowest BCUT2D eigenvalue weighted by Crippen LogP contribution is -2.64. The van der Waals surface area contributed by atoms with Crippen LogP contribution in [-0.2, 0) is 16.9 Å². The van der Waals surface area contributed by atoms with Gasteiger partial charge in [0.15, 0.2) is 23.1 Å². The molecule has 11 heteroatoms. The van der Waals surface area contributed by atoms with Gasteiger partial charge in [-0.05, 0) is 42.9 Å². The Kier molecular flexibility index (Phi) is 6.54. The van der Waals surface area contributed by atoms with E-state index in [1.807, 2.05) is 29.3 Å². The first-order valence-electron chi connectivity index (χ1n) is 13.9. The summed E-state index contributed by atoms with van der Waals surface area (Å²) in [4.78, 5) is 29.3. The van der Waals surface area contributed by atoms with Gasteiger partial charge in [0.2, 0.25) is 5.43 Å². The number of hydrogen-bond acceptors (Lipinski definition) is 7. The monoisotopic (exact) mass is 593 g/mol. The van der Waals surface area contributed by atoms with Crippen LogP contribution in [0.3, 0.4) is 0 Å². The number of carbonyl (C=O) groups excluding carboxylic acids is 1. The molecular formula is C31H29F2N3O5S. The topological polar surface area (TPSA) is 84.2 Å². The number of aromatic nitrogens is 1. The lowest BCUT2D eigenvalue weighted by molar-refractivity contribution is 0.0255. The minimum atomic E-state index is -1.000. The van der Waals surface area contributed by atoms with E-state index in [0.717, 1.165) is 28.5 Å². The molecule has 0 saturated heterocycles. The molecule has 1 atom stereocenters. The number of hydrogen-bond donors (Lipinski definition) is 1. The maximum atomic E-state index is 15.7. The molecule has 3 aromatic rings. The van der Waals surface area contributed by atoms with Crippen molar-refractivity contribution in [1.29, 1.82) is 0 Å². The van der Waals surface area contributed by atoms with E-state index < -0.39 is 40.3 Å². The standard InChI is InChI=1S/C31H29F2N3O5S/c1-40-14-8-18-5-2-6-19-26-24-20(16-42-29(18)19)25(33)21(32)15-23(24)41-13-4-11-31(9-3-10-31)34-17-36(26)35-12-7-22(37)28(38)27(35)30(34)39/h2,4-7,11-12,15,26,38H,3,8-10,13-14,16-17H2,1H3/b11-4+. The highest BCUT2D eigenvalue weighted by Gasteiger charge is 2.49. The molecule has 7 rings (SSSR count). The van der Waals surface area contributed by atoms with Gasteiger partial charge in [0, 0.05) is 47.2 Å².